The molecule has 0 saturated heterocycles. The number of rotatable bonds is 6. The molecular formula is C22H20ClNO6. The van der Waals surface area contributed by atoms with E-state index in [0.717, 1.165) is 11.1 Å². The summed E-state index contributed by atoms with van der Waals surface area (Å²) in [5, 5.41) is 3.25. The van der Waals surface area contributed by atoms with Crippen molar-refractivity contribution in [3.05, 3.63) is 75.1 Å². The number of ether oxygens (including phenoxy) is 2. The summed E-state index contributed by atoms with van der Waals surface area (Å²) in [5.74, 6) is -0.723. The third kappa shape index (κ3) is 5.18. The molecule has 0 aliphatic carbocycles. The van der Waals surface area contributed by atoms with Gasteiger partial charge in [0.15, 0.2) is 5.75 Å². The summed E-state index contributed by atoms with van der Waals surface area (Å²) >= 11 is 6.23. The summed E-state index contributed by atoms with van der Waals surface area (Å²) in [6.45, 7) is 3.43. The monoisotopic (exact) mass is 429 g/mol. The van der Waals surface area contributed by atoms with Gasteiger partial charge in [0.05, 0.1) is 5.02 Å². The number of alkyl carbamates (subject to hydrolysis) is 1. The minimum atomic E-state index is -0.992. The second kappa shape index (κ2) is 9.45. The zero-order valence-corrected chi connectivity index (χ0v) is 17.2. The van der Waals surface area contributed by atoms with Crippen LogP contribution < -0.4 is 15.7 Å². The van der Waals surface area contributed by atoms with Crippen LogP contribution in [0.2, 0.25) is 5.02 Å². The summed E-state index contributed by atoms with van der Waals surface area (Å²) in [5.41, 5.74) is 1.35. The SMILES string of the molecule is CCc1cc(=O)oc2cc(OC(=O)[C@@H](C)NC(=O)OCc3ccccc3)c(Cl)cc12. The molecule has 1 amide bonds. The van der Waals surface area contributed by atoms with Gasteiger partial charge in [-0.3, -0.25) is 0 Å². The zero-order valence-electron chi connectivity index (χ0n) is 16.4. The van der Waals surface area contributed by atoms with Crippen LogP contribution in [0.3, 0.4) is 0 Å². The number of halogens is 1. The lowest BCUT2D eigenvalue weighted by molar-refractivity contribution is -0.136. The van der Waals surface area contributed by atoms with E-state index >= 15 is 0 Å². The van der Waals surface area contributed by atoms with Crippen LogP contribution in [0, 0.1) is 0 Å². The van der Waals surface area contributed by atoms with Gasteiger partial charge in [-0.1, -0.05) is 48.9 Å². The Kier molecular flexibility index (Phi) is 6.74. The first-order valence-electron chi connectivity index (χ1n) is 9.32. The number of fused-ring (bicyclic) bond motifs is 1. The molecule has 1 atom stereocenters. The van der Waals surface area contributed by atoms with E-state index in [2.05, 4.69) is 5.32 Å². The second-order valence-corrected chi connectivity index (χ2v) is 6.98. The summed E-state index contributed by atoms with van der Waals surface area (Å²) in [6, 6.07) is 12.5. The molecule has 7 nitrogen and oxygen atoms in total. The van der Waals surface area contributed by atoms with E-state index in [1.165, 1.54) is 19.1 Å². The third-order valence-electron chi connectivity index (χ3n) is 4.37. The molecule has 0 bridgehead atoms. The Bertz CT molecular complexity index is 1130. The highest BCUT2D eigenvalue weighted by molar-refractivity contribution is 6.33. The normalized spacial score (nSPS) is 11.7. The maximum atomic E-state index is 12.4. The summed E-state index contributed by atoms with van der Waals surface area (Å²) in [4.78, 5) is 36.0. The molecule has 0 radical (unpaired) electrons. The van der Waals surface area contributed by atoms with Crippen LogP contribution in [0.15, 0.2) is 57.7 Å². The summed E-state index contributed by atoms with van der Waals surface area (Å²) in [6.07, 6.45) is -0.143. The average molecular weight is 430 g/mol. The van der Waals surface area contributed by atoms with E-state index < -0.39 is 23.7 Å². The van der Waals surface area contributed by atoms with Crippen molar-refractivity contribution in [2.24, 2.45) is 0 Å². The fourth-order valence-corrected chi connectivity index (χ4v) is 3.00. The van der Waals surface area contributed by atoms with Crippen molar-refractivity contribution in [3.63, 3.8) is 0 Å². The van der Waals surface area contributed by atoms with E-state index in [0.29, 0.717) is 11.8 Å². The van der Waals surface area contributed by atoms with Gasteiger partial charge in [-0.15, -0.1) is 0 Å². The lowest BCUT2D eigenvalue weighted by atomic mass is 10.1. The highest BCUT2D eigenvalue weighted by Crippen LogP contribution is 2.31. The highest BCUT2D eigenvalue weighted by Gasteiger charge is 2.21. The number of amides is 1. The van der Waals surface area contributed by atoms with Gasteiger partial charge in [0, 0.05) is 17.5 Å². The minimum Gasteiger partial charge on any atom is -0.445 e. The second-order valence-electron chi connectivity index (χ2n) is 6.57. The molecule has 0 aliphatic rings. The fourth-order valence-electron chi connectivity index (χ4n) is 2.80. The Balaban J connectivity index is 1.66. The van der Waals surface area contributed by atoms with Crippen molar-refractivity contribution in [3.8, 4) is 5.75 Å². The third-order valence-corrected chi connectivity index (χ3v) is 4.67. The molecule has 1 aromatic heterocycles. The number of nitrogens with one attached hydrogen (secondary N) is 1. The molecule has 0 spiro atoms. The molecule has 1 heterocycles. The van der Waals surface area contributed by atoms with Crippen LogP contribution in [-0.4, -0.2) is 18.1 Å². The van der Waals surface area contributed by atoms with Gasteiger partial charge < -0.3 is 19.2 Å². The van der Waals surface area contributed by atoms with Crippen LogP contribution >= 0.6 is 11.6 Å². The number of aryl methyl sites for hydroxylation is 1. The van der Waals surface area contributed by atoms with Crippen LogP contribution in [-0.2, 0) is 22.6 Å². The van der Waals surface area contributed by atoms with E-state index in [1.807, 2.05) is 37.3 Å². The van der Waals surface area contributed by atoms with E-state index in [9.17, 15) is 14.4 Å². The number of carbonyl (C=O) groups excluding carboxylic acids is 2. The van der Waals surface area contributed by atoms with Crippen molar-refractivity contribution in [2.75, 3.05) is 0 Å². The van der Waals surface area contributed by atoms with Gasteiger partial charge in [0.1, 0.15) is 18.2 Å². The Morgan fingerprint density at radius 3 is 2.60 bits per heavy atom. The molecule has 3 rings (SSSR count). The lowest BCUT2D eigenvalue weighted by Gasteiger charge is -2.14. The molecule has 0 saturated carbocycles. The molecule has 0 unspecified atom stereocenters. The van der Waals surface area contributed by atoms with E-state index in [4.69, 9.17) is 25.5 Å². The number of carbonyl (C=O) groups is 2. The van der Waals surface area contributed by atoms with Gasteiger partial charge >= 0.3 is 17.7 Å². The number of hydrogen-bond acceptors (Lipinski definition) is 6. The van der Waals surface area contributed by atoms with Crippen LogP contribution in [0.5, 0.6) is 5.75 Å². The molecule has 1 N–H and O–H groups in total. The standard InChI is InChI=1S/C22H20ClNO6/c1-3-15-9-20(25)29-18-11-19(17(23)10-16(15)18)30-21(26)13(2)24-22(27)28-12-14-7-5-4-6-8-14/h4-11,13H,3,12H2,1-2H3,(H,24,27)/t13-/m1/s1. The Hall–Kier alpha value is -3.32. The van der Waals surface area contributed by atoms with Gasteiger partial charge in [0.25, 0.3) is 0 Å². The summed E-state index contributed by atoms with van der Waals surface area (Å²) < 4.78 is 15.6. The molecule has 0 fully saturated rings. The number of esters is 1. The highest BCUT2D eigenvalue weighted by atomic mass is 35.5. The zero-order chi connectivity index (χ0) is 21.7. The molecule has 156 valence electrons. The van der Waals surface area contributed by atoms with Crippen LogP contribution in [0.25, 0.3) is 11.0 Å². The van der Waals surface area contributed by atoms with E-state index in [-0.39, 0.29) is 23.0 Å². The number of benzene rings is 2. The van der Waals surface area contributed by atoms with Crippen LogP contribution in [0.1, 0.15) is 25.0 Å². The molecule has 3 aromatic rings. The molecule has 0 aliphatic heterocycles. The molecule has 30 heavy (non-hydrogen) atoms. The van der Waals surface area contributed by atoms with Crippen molar-refractivity contribution in [1.29, 1.82) is 0 Å². The van der Waals surface area contributed by atoms with Crippen LogP contribution in [0.4, 0.5) is 4.79 Å². The maximum absolute atomic E-state index is 12.4. The van der Waals surface area contributed by atoms with Crippen molar-refractivity contribution in [1.82, 2.24) is 5.32 Å². The Morgan fingerprint density at radius 1 is 1.17 bits per heavy atom. The largest absolute Gasteiger partial charge is 0.445 e. The van der Waals surface area contributed by atoms with Gasteiger partial charge in [0.2, 0.25) is 0 Å². The van der Waals surface area contributed by atoms with Gasteiger partial charge in [-0.2, -0.15) is 0 Å². The maximum Gasteiger partial charge on any atom is 0.408 e. The Morgan fingerprint density at radius 2 is 1.90 bits per heavy atom. The van der Waals surface area contributed by atoms with E-state index in [1.54, 1.807) is 6.07 Å². The predicted molar refractivity (Wildman–Crippen MR) is 112 cm³/mol. The first-order chi connectivity index (χ1) is 14.4. The number of hydrogen-bond donors (Lipinski definition) is 1. The average Bonchev–Trinajstić information content (AvgIpc) is 2.73. The summed E-state index contributed by atoms with van der Waals surface area (Å²) in [7, 11) is 0. The molecule has 8 heteroatoms. The van der Waals surface area contributed by atoms with Crippen molar-refractivity contribution in [2.45, 2.75) is 32.9 Å². The quantitative estimate of drug-likeness (QED) is 0.358. The predicted octanol–water partition coefficient (Wildman–Crippen LogP) is 4.23. The van der Waals surface area contributed by atoms with Gasteiger partial charge in [-0.05, 0) is 30.5 Å². The fraction of sp³-hybridized carbons (Fsp3) is 0.227. The lowest BCUT2D eigenvalue weighted by Crippen LogP contribution is -2.41. The minimum absolute atomic E-state index is 0.0249. The smallest absolute Gasteiger partial charge is 0.408 e. The first kappa shape index (κ1) is 21.4. The molecular weight excluding hydrogens is 410 g/mol. The first-order valence-corrected chi connectivity index (χ1v) is 9.70. The van der Waals surface area contributed by atoms with Gasteiger partial charge in [-0.25, -0.2) is 14.4 Å². The molecule has 2 aromatic carbocycles. The topological polar surface area (TPSA) is 94.8 Å². The van der Waals surface area contributed by atoms with Crippen molar-refractivity contribution < 1.29 is 23.5 Å². The van der Waals surface area contributed by atoms with Crippen molar-refractivity contribution >= 4 is 34.6 Å². The Labute approximate surface area is 177 Å².